The zero-order chi connectivity index (χ0) is 19.7. The number of thiazole rings is 1. The van der Waals surface area contributed by atoms with E-state index in [2.05, 4.69) is 20.3 Å². The van der Waals surface area contributed by atoms with Gasteiger partial charge in [0.1, 0.15) is 0 Å². The maximum Gasteiger partial charge on any atom is 0.313 e. The zero-order valence-electron chi connectivity index (χ0n) is 14.7. The summed E-state index contributed by atoms with van der Waals surface area (Å²) in [5, 5.41) is 4.52. The first kappa shape index (κ1) is 17.9. The van der Waals surface area contributed by atoms with Crippen molar-refractivity contribution < 1.29 is 9.13 Å². The van der Waals surface area contributed by atoms with Crippen LogP contribution in [0.15, 0.2) is 47.5 Å². The van der Waals surface area contributed by atoms with Crippen LogP contribution in [0.2, 0.25) is 0 Å². The Morgan fingerprint density at radius 1 is 1.25 bits per heavy atom. The average Bonchev–Trinajstić information content (AvgIpc) is 3.11. The number of nitrogens with one attached hydrogen (secondary N) is 1. The number of rotatable bonds is 5. The van der Waals surface area contributed by atoms with Crippen molar-refractivity contribution in [1.82, 2.24) is 19.6 Å². The van der Waals surface area contributed by atoms with E-state index in [1.165, 1.54) is 30.5 Å². The largest absolute Gasteiger partial charge is 0.448 e. The number of aromatic nitrogens is 4. The maximum absolute atomic E-state index is 13.8. The van der Waals surface area contributed by atoms with Gasteiger partial charge in [0, 0.05) is 22.7 Å². The van der Waals surface area contributed by atoms with Crippen molar-refractivity contribution in [3.8, 4) is 11.5 Å². The van der Waals surface area contributed by atoms with Gasteiger partial charge in [0.05, 0.1) is 11.6 Å². The summed E-state index contributed by atoms with van der Waals surface area (Å²) in [4.78, 5) is 26.2. The van der Waals surface area contributed by atoms with Gasteiger partial charge >= 0.3 is 5.56 Å². The van der Waals surface area contributed by atoms with Crippen LogP contribution >= 0.6 is 11.3 Å². The Morgan fingerprint density at radius 3 is 2.82 bits per heavy atom. The number of halogens is 1. The first-order valence-corrected chi connectivity index (χ1v) is 9.08. The fourth-order valence-corrected chi connectivity index (χ4v) is 3.29. The van der Waals surface area contributed by atoms with Crippen LogP contribution in [0.1, 0.15) is 9.88 Å². The van der Waals surface area contributed by atoms with Crippen LogP contribution in [0, 0.1) is 12.7 Å². The van der Waals surface area contributed by atoms with Crippen molar-refractivity contribution in [2.24, 2.45) is 0 Å². The van der Waals surface area contributed by atoms with Crippen molar-refractivity contribution in [1.29, 1.82) is 0 Å². The third kappa shape index (κ3) is 3.49. The van der Waals surface area contributed by atoms with Crippen molar-refractivity contribution in [2.45, 2.75) is 13.5 Å². The van der Waals surface area contributed by atoms with Crippen LogP contribution in [-0.4, -0.2) is 19.6 Å². The molecule has 142 valence electrons. The highest BCUT2D eigenvalue weighted by atomic mass is 32.1. The Hall–Kier alpha value is -3.53. The van der Waals surface area contributed by atoms with E-state index in [1.807, 2.05) is 6.92 Å². The number of hydrogen-bond acceptors (Lipinski definition) is 8. The fraction of sp³-hybridized carbons (Fsp3) is 0.111. The number of nitrogen functional groups attached to an aromatic ring is 1. The van der Waals surface area contributed by atoms with Gasteiger partial charge in [-0.05, 0) is 25.1 Å². The molecule has 0 amide bonds. The van der Waals surface area contributed by atoms with Gasteiger partial charge in [0.15, 0.2) is 23.0 Å². The Balaban J connectivity index is 1.64. The molecule has 0 fully saturated rings. The molecule has 28 heavy (non-hydrogen) atoms. The molecule has 3 aromatic heterocycles. The molecule has 4 aromatic rings. The van der Waals surface area contributed by atoms with Gasteiger partial charge in [-0.2, -0.15) is 4.98 Å². The summed E-state index contributed by atoms with van der Waals surface area (Å²) in [6.07, 6.45) is 3.29. The average molecular weight is 398 g/mol. The first-order chi connectivity index (χ1) is 13.5. The molecule has 0 bridgehead atoms. The molecule has 10 heteroatoms. The predicted molar refractivity (Wildman–Crippen MR) is 105 cm³/mol. The molecule has 0 saturated heterocycles. The topological polar surface area (TPSA) is 108 Å². The Kier molecular flexibility index (Phi) is 4.62. The first-order valence-electron chi connectivity index (χ1n) is 8.26. The van der Waals surface area contributed by atoms with E-state index in [0.29, 0.717) is 17.9 Å². The van der Waals surface area contributed by atoms with Gasteiger partial charge in [-0.25, -0.2) is 19.0 Å². The lowest BCUT2D eigenvalue weighted by atomic mass is 10.3. The fourth-order valence-electron chi connectivity index (χ4n) is 2.55. The molecule has 0 saturated carbocycles. The lowest BCUT2D eigenvalue weighted by Crippen LogP contribution is -2.29. The molecular formula is C18H15FN6O2S. The Labute approximate surface area is 162 Å². The SMILES string of the molecule is Cc1ncc(CNc2ncc3cc(Oc4ccccc4F)c(=O)n(N)c3n2)s1. The number of benzene rings is 1. The van der Waals surface area contributed by atoms with E-state index in [9.17, 15) is 9.18 Å². The van der Waals surface area contributed by atoms with Crippen LogP contribution in [0.3, 0.4) is 0 Å². The number of fused-ring (bicyclic) bond motifs is 1. The van der Waals surface area contributed by atoms with E-state index in [-0.39, 0.29) is 17.1 Å². The van der Waals surface area contributed by atoms with Crippen LogP contribution in [0.25, 0.3) is 11.0 Å². The van der Waals surface area contributed by atoms with Crippen LogP contribution < -0.4 is 21.5 Å². The summed E-state index contributed by atoms with van der Waals surface area (Å²) in [5.41, 5.74) is -0.414. The van der Waals surface area contributed by atoms with Gasteiger partial charge in [-0.3, -0.25) is 4.79 Å². The molecule has 8 nitrogen and oxygen atoms in total. The smallest absolute Gasteiger partial charge is 0.313 e. The van der Waals surface area contributed by atoms with E-state index in [1.54, 1.807) is 23.6 Å². The second-order valence-electron chi connectivity index (χ2n) is 5.89. The summed E-state index contributed by atoms with van der Waals surface area (Å²) >= 11 is 1.56. The quantitative estimate of drug-likeness (QED) is 0.498. The molecule has 0 spiro atoms. The summed E-state index contributed by atoms with van der Waals surface area (Å²) in [7, 11) is 0. The monoisotopic (exact) mass is 398 g/mol. The van der Waals surface area contributed by atoms with Gasteiger partial charge in [0.2, 0.25) is 5.95 Å². The standard InChI is InChI=1S/C18H15FN6O2S/c1-10-21-8-12(28-10)9-23-18-22-7-11-6-15(17(26)25(20)16(11)24-18)27-14-5-3-2-4-13(14)19/h2-8H,9,20H2,1H3,(H,22,23,24). The third-order valence-corrected chi connectivity index (χ3v) is 4.80. The molecule has 3 heterocycles. The van der Waals surface area contributed by atoms with E-state index >= 15 is 0 Å². The van der Waals surface area contributed by atoms with Crippen molar-refractivity contribution >= 4 is 28.3 Å². The molecule has 0 atom stereocenters. The number of para-hydroxylation sites is 1. The van der Waals surface area contributed by atoms with Crippen LogP contribution in [0.4, 0.5) is 10.3 Å². The summed E-state index contributed by atoms with van der Waals surface area (Å²) in [6, 6.07) is 7.23. The highest BCUT2D eigenvalue weighted by Gasteiger charge is 2.13. The maximum atomic E-state index is 13.8. The molecule has 3 N–H and O–H groups in total. The van der Waals surface area contributed by atoms with Crippen LogP contribution in [0.5, 0.6) is 11.5 Å². The van der Waals surface area contributed by atoms with E-state index < -0.39 is 11.4 Å². The van der Waals surface area contributed by atoms with E-state index in [0.717, 1.165) is 14.6 Å². The summed E-state index contributed by atoms with van der Waals surface area (Å²) in [6.45, 7) is 2.43. The molecule has 0 radical (unpaired) electrons. The van der Waals surface area contributed by atoms with Gasteiger partial charge < -0.3 is 15.9 Å². The minimum atomic E-state index is -0.640. The Bertz CT molecular complexity index is 1220. The Morgan fingerprint density at radius 2 is 2.07 bits per heavy atom. The second-order valence-corrected chi connectivity index (χ2v) is 7.21. The van der Waals surface area contributed by atoms with Crippen molar-refractivity contribution in [3.63, 3.8) is 0 Å². The number of hydrogen-bond donors (Lipinski definition) is 2. The minimum Gasteiger partial charge on any atom is -0.448 e. The van der Waals surface area contributed by atoms with Crippen molar-refractivity contribution in [2.75, 3.05) is 11.2 Å². The van der Waals surface area contributed by atoms with Gasteiger partial charge in [-0.1, -0.05) is 12.1 Å². The third-order valence-electron chi connectivity index (χ3n) is 3.89. The minimum absolute atomic E-state index is 0.0713. The number of aryl methyl sites for hydroxylation is 1. The number of ether oxygens (including phenoxy) is 1. The molecular weight excluding hydrogens is 383 g/mol. The van der Waals surface area contributed by atoms with Crippen molar-refractivity contribution in [3.05, 3.63) is 68.8 Å². The number of pyridine rings is 1. The van der Waals surface area contributed by atoms with Gasteiger partial charge in [-0.15, -0.1) is 11.3 Å². The zero-order valence-corrected chi connectivity index (χ0v) is 15.5. The summed E-state index contributed by atoms with van der Waals surface area (Å²) in [5.74, 6) is 5.44. The normalized spacial score (nSPS) is 10.9. The lowest BCUT2D eigenvalue weighted by Gasteiger charge is -2.10. The van der Waals surface area contributed by atoms with Gasteiger partial charge in [0.25, 0.3) is 0 Å². The van der Waals surface area contributed by atoms with Crippen LogP contribution in [-0.2, 0) is 6.54 Å². The summed E-state index contributed by atoms with van der Waals surface area (Å²) < 4.78 is 20.1. The molecule has 0 unspecified atom stereocenters. The van der Waals surface area contributed by atoms with E-state index in [4.69, 9.17) is 10.6 Å². The lowest BCUT2D eigenvalue weighted by molar-refractivity contribution is 0.435. The molecule has 0 aliphatic rings. The number of anilines is 1. The molecule has 0 aliphatic heterocycles. The number of nitrogens with two attached hydrogens (primary N) is 1. The predicted octanol–water partition coefficient (Wildman–Crippen LogP) is 2.81. The molecule has 1 aromatic carbocycles. The highest BCUT2D eigenvalue weighted by Crippen LogP contribution is 2.24. The molecule has 4 rings (SSSR count). The number of nitrogens with zero attached hydrogens (tertiary/aromatic N) is 4. The molecule has 0 aliphatic carbocycles. The highest BCUT2D eigenvalue weighted by molar-refractivity contribution is 7.11. The second kappa shape index (κ2) is 7.24.